The Morgan fingerprint density at radius 1 is 0.844 bits per heavy atom. The zero-order valence-electron chi connectivity index (χ0n) is 17.6. The quantitative estimate of drug-likeness (QED) is 0.463. The molecule has 0 bridgehead atoms. The summed E-state index contributed by atoms with van der Waals surface area (Å²) in [5, 5.41) is 5.49. The molecular weight excluding hydrogens is 407 g/mol. The van der Waals surface area contributed by atoms with Crippen LogP contribution in [0.1, 0.15) is 32.1 Å². The molecule has 0 aliphatic heterocycles. The first-order chi connectivity index (χ1) is 15.4. The van der Waals surface area contributed by atoms with E-state index in [9.17, 15) is 14.0 Å². The summed E-state index contributed by atoms with van der Waals surface area (Å²) in [6, 6.07) is 19.6. The molecule has 0 unspecified atom stereocenters. The fourth-order valence-corrected chi connectivity index (χ4v) is 3.54. The third-order valence-corrected chi connectivity index (χ3v) is 5.02. The van der Waals surface area contributed by atoms with Gasteiger partial charge in [0.2, 0.25) is 0 Å². The van der Waals surface area contributed by atoms with Gasteiger partial charge in [0.1, 0.15) is 11.6 Å². The third kappa shape index (κ3) is 4.41. The van der Waals surface area contributed by atoms with E-state index in [0.29, 0.717) is 22.5 Å². The molecule has 0 fully saturated rings. The van der Waals surface area contributed by atoms with Gasteiger partial charge in [-0.05, 0) is 68.4 Å². The first-order valence-electron chi connectivity index (χ1n) is 10.0. The Morgan fingerprint density at radius 2 is 1.56 bits per heavy atom. The van der Waals surface area contributed by atoms with Gasteiger partial charge in [-0.3, -0.25) is 9.59 Å². The van der Waals surface area contributed by atoms with Gasteiger partial charge >= 0.3 is 0 Å². The number of nitrogens with zero attached hydrogens (tertiary/aromatic N) is 2. The number of carbonyl (C=O) groups excluding carboxylic acids is 2. The number of aromatic nitrogens is 2. The summed E-state index contributed by atoms with van der Waals surface area (Å²) in [6.07, 6.45) is 1.70. The Balaban J connectivity index is 1.53. The molecule has 2 aromatic heterocycles. The molecule has 0 aliphatic carbocycles. The van der Waals surface area contributed by atoms with E-state index in [4.69, 9.17) is 0 Å². The number of halogens is 1. The molecule has 6 nitrogen and oxygen atoms in total. The molecule has 0 spiro atoms. The monoisotopic (exact) mass is 428 g/mol. The Kier molecular flexibility index (Phi) is 5.81. The summed E-state index contributed by atoms with van der Waals surface area (Å²) in [7, 11) is 0. The van der Waals surface area contributed by atoms with E-state index in [-0.39, 0.29) is 5.91 Å². The van der Waals surface area contributed by atoms with Crippen LogP contribution in [0, 0.1) is 19.7 Å². The molecule has 0 aliphatic rings. The maximum absolute atomic E-state index is 13.4. The lowest BCUT2D eigenvalue weighted by atomic mass is 10.1. The lowest BCUT2D eigenvalue weighted by Crippen LogP contribution is -2.15. The zero-order chi connectivity index (χ0) is 22.7. The van der Waals surface area contributed by atoms with E-state index in [1.807, 2.05) is 36.6 Å². The van der Waals surface area contributed by atoms with Crippen LogP contribution in [0.3, 0.4) is 0 Å². The molecule has 160 valence electrons. The molecule has 2 amide bonds. The summed E-state index contributed by atoms with van der Waals surface area (Å²) < 4.78 is 15.3. The van der Waals surface area contributed by atoms with E-state index >= 15 is 0 Å². The lowest BCUT2D eigenvalue weighted by Gasteiger charge is -2.10. The summed E-state index contributed by atoms with van der Waals surface area (Å²) in [6.45, 7) is 3.77. The average Bonchev–Trinajstić information content (AvgIpc) is 3.08. The number of nitrogens with one attached hydrogen (secondary N) is 2. The molecule has 7 heteroatoms. The van der Waals surface area contributed by atoms with E-state index in [1.165, 1.54) is 18.2 Å². The summed E-state index contributed by atoms with van der Waals surface area (Å²) in [5.41, 5.74) is 3.33. The van der Waals surface area contributed by atoms with Gasteiger partial charge in [-0.2, -0.15) is 0 Å². The van der Waals surface area contributed by atoms with E-state index in [0.717, 1.165) is 17.2 Å². The maximum Gasteiger partial charge on any atom is 0.257 e. The average molecular weight is 428 g/mol. The summed E-state index contributed by atoms with van der Waals surface area (Å²) >= 11 is 0. The molecule has 2 aromatic carbocycles. The van der Waals surface area contributed by atoms with E-state index < -0.39 is 11.7 Å². The highest BCUT2D eigenvalue weighted by Gasteiger charge is 2.18. The van der Waals surface area contributed by atoms with Gasteiger partial charge in [-0.15, -0.1) is 0 Å². The molecule has 32 heavy (non-hydrogen) atoms. The molecular formula is C25H21FN4O2. The van der Waals surface area contributed by atoms with Crippen molar-refractivity contribution in [3.63, 3.8) is 0 Å². The number of amides is 2. The molecule has 0 saturated carbocycles. The lowest BCUT2D eigenvalue weighted by molar-refractivity contribution is 0.101. The highest BCUT2D eigenvalue weighted by Crippen LogP contribution is 2.21. The van der Waals surface area contributed by atoms with Gasteiger partial charge in [0.05, 0.1) is 5.56 Å². The Hall–Kier alpha value is -4.26. The number of aryl methyl sites for hydroxylation is 1. The minimum atomic E-state index is -0.438. The van der Waals surface area contributed by atoms with Crippen LogP contribution >= 0.6 is 0 Å². The largest absolute Gasteiger partial charge is 0.322 e. The number of pyridine rings is 1. The standard InChI is InChI=1S/C25H21FN4O2/c1-16-13-22(17(2)30(16)23-11-3-4-12-27-23)25(32)29-20-9-5-7-18(14-20)24(31)28-21-10-6-8-19(26)15-21/h3-15H,1-2H3,(H,28,31)(H,29,32). The predicted octanol–water partition coefficient (Wildman–Crippen LogP) is 5.13. The first kappa shape index (κ1) is 21.0. The second-order valence-corrected chi connectivity index (χ2v) is 7.31. The van der Waals surface area contributed by atoms with Crippen molar-refractivity contribution in [2.24, 2.45) is 0 Å². The van der Waals surface area contributed by atoms with Crippen molar-refractivity contribution < 1.29 is 14.0 Å². The fraction of sp³-hybridized carbons (Fsp3) is 0.0800. The van der Waals surface area contributed by atoms with Crippen molar-refractivity contribution in [1.29, 1.82) is 0 Å². The number of hydrogen-bond acceptors (Lipinski definition) is 3. The minimum absolute atomic E-state index is 0.289. The van der Waals surface area contributed by atoms with Crippen LogP contribution in [0.2, 0.25) is 0 Å². The third-order valence-electron chi connectivity index (χ3n) is 5.02. The molecule has 0 radical (unpaired) electrons. The van der Waals surface area contributed by atoms with Crippen molar-refractivity contribution >= 4 is 23.2 Å². The molecule has 0 saturated heterocycles. The van der Waals surface area contributed by atoms with Crippen LogP contribution in [0.25, 0.3) is 5.82 Å². The molecule has 0 atom stereocenters. The van der Waals surface area contributed by atoms with E-state index in [2.05, 4.69) is 15.6 Å². The van der Waals surface area contributed by atoms with Crippen molar-refractivity contribution in [3.8, 4) is 5.82 Å². The van der Waals surface area contributed by atoms with Gasteiger partial charge < -0.3 is 15.2 Å². The number of hydrogen-bond donors (Lipinski definition) is 2. The van der Waals surface area contributed by atoms with Crippen LogP contribution in [-0.4, -0.2) is 21.4 Å². The molecule has 4 aromatic rings. The van der Waals surface area contributed by atoms with Gasteiger partial charge in [-0.1, -0.05) is 18.2 Å². The van der Waals surface area contributed by atoms with Crippen molar-refractivity contribution in [2.45, 2.75) is 13.8 Å². The van der Waals surface area contributed by atoms with E-state index in [1.54, 1.807) is 42.6 Å². The fourth-order valence-electron chi connectivity index (χ4n) is 3.54. The Bertz CT molecular complexity index is 1300. The van der Waals surface area contributed by atoms with Crippen LogP contribution in [0.15, 0.2) is 79.0 Å². The second-order valence-electron chi connectivity index (χ2n) is 7.31. The van der Waals surface area contributed by atoms with Crippen LogP contribution < -0.4 is 10.6 Å². The summed E-state index contributed by atoms with van der Waals surface area (Å²) in [4.78, 5) is 29.9. The topological polar surface area (TPSA) is 76.0 Å². The van der Waals surface area contributed by atoms with Crippen LogP contribution in [-0.2, 0) is 0 Å². The number of rotatable bonds is 5. The minimum Gasteiger partial charge on any atom is -0.322 e. The van der Waals surface area contributed by atoms with Crippen molar-refractivity contribution in [3.05, 3.63) is 107 Å². The number of benzene rings is 2. The highest BCUT2D eigenvalue weighted by atomic mass is 19.1. The van der Waals surface area contributed by atoms with Gasteiger partial charge in [-0.25, -0.2) is 9.37 Å². The predicted molar refractivity (Wildman–Crippen MR) is 122 cm³/mol. The SMILES string of the molecule is Cc1cc(C(=O)Nc2cccc(C(=O)Nc3cccc(F)c3)c2)c(C)n1-c1ccccn1. The Morgan fingerprint density at radius 3 is 2.28 bits per heavy atom. The van der Waals surface area contributed by atoms with Crippen molar-refractivity contribution in [1.82, 2.24) is 9.55 Å². The van der Waals surface area contributed by atoms with Gasteiger partial charge in [0.15, 0.2) is 0 Å². The van der Waals surface area contributed by atoms with Crippen LogP contribution in [0.4, 0.5) is 15.8 Å². The number of anilines is 2. The first-order valence-corrected chi connectivity index (χ1v) is 10.0. The highest BCUT2D eigenvalue weighted by molar-refractivity contribution is 6.08. The number of carbonyl (C=O) groups is 2. The summed E-state index contributed by atoms with van der Waals surface area (Å²) in [5.74, 6) is -0.396. The maximum atomic E-state index is 13.4. The van der Waals surface area contributed by atoms with Gasteiger partial charge in [0, 0.05) is 34.5 Å². The second kappa shape index (κ2) is 8.85. The van der Waals surface area contributed by atoms with Crippen molar-refractivity contribution in [2.75, 3.05) is 10.6 Å². The molecule has 2 N–H and O–H groups in total. The zero-order valence-corrected chi connectivity index (χ0v) is 17.6. The smallest absolute Gasteiger partial charge is 0.257 e. The van der Waals surface area contributed by atoms with Gasteiger partial charge in [0.25, 0.3) is 11.8 Å². The molecule has 2 heterocycles. The molecule has 4 rings (SSSR count). The Labute approximate surface area is 184 Å². The van der Waals surface area contributed by atoms with Crippen LogP contribution in [0.5, 0.6) is 0 Å². The normalized spacial score (nSPS) is 10.6.